The Morgan fingerprint density at radius 3 is 2.78 bits per heavy atom. The molecule has 0 amide bonds. The molecule has 0 saturated heterocycles. The van der Waals surface area contributed by atoms with Gasteiger partial charge in [0.05, 0.1) is 6.26 Å². The van der Waals surface area contributed by atoms with Gasteiger partial charge in [-0.2, -0.15) is 0 Å². The Kier molecular flexibility index (Phi) is 5.90. The summed E-state index contributed by atoms with van der Waals surface area (Å²) >= 11 is 0. The molecule has 2 nitrogen and oxygen atoms in total. The Morgan fingerprint density at radius 1 is 1.33 bits per heavy atom. The predicted molar refractivity (Wildman–Crippen MR) is 62.9 cm³/mol. The van der Waals surface area contributed by atoms with Crippen molar-refractivity contribution in [3.63, 3.8) is 0 Å². The summed E-state index contributed by atoms with van der Waals surface area (Å²) in [5, 5.41) is 3.69. The molecular weight excluding hydrogens is 325 g/mol. The van der Waals surface area contributed by atoms with Crippen LogP contribution in [0.4, 0.5) is 8.78 Å². The Balaban J connectivity index is 0.00000162. The summed E-state index contributed by atoms with van der Waals surface area (Å²) in [4.78, 5) is 0. The van der Waals surface area contributed by atoms with E-state index >= 15 is 0 Å². The SMILES string of the molecule is CCN[CH-]C(c1ccc2occc2c1)C(F)F.[Ru+]. The molecule has 0 aliphatic carbocycles. The molecule has 99 valence electrons. The number of benzene rings is 1. The Hall–Kier alpha value is -0.797. The predicted octanol–water partition coefficient (Wildman–Crippen LogP) is 3.55. The average molecular weight is 339 g/mol. The van der Waals surface area contributed by atoms with Crippen LogP contribution in [0.1, 0.15) is 18.4 Å². The zero-order chi connectivity index (χ0) is 12.3. The molecule has 1 unspecified atom stereocenters. The molecule has 1 aromatic heterocycles. The molecule has 1 radical (unpaired) electrons. The van der Waals surface area contributed by atoms with E-state index in [9.17, 15) is 8.78 Å². The zero-order valence-corrected chi connectivity index (χ0v) is 11.6. The van der Waals surface area contributed by atoms with Gasteiger partial charge >= 0.3 is 19.5 Å². The van der Waals surface area contributed by atoms with Crippen LogP contribution in [0.2, 0.25) is 0 Å². The normalized spacial score (nSPS) is 12.7. The van der Waals surface area contributed by atoms with Crippen molar-refractivity contribution in [3.05, 3.63) is 42.6 Å². The first-order valence-corrected chi connectivity index (χ1v) is 5.54. The molecule has 1 aromatic carbocycles. The standard InChI is InChI=1S/C13H14F2NO.Ru/c1-2-16-8-11(13(14)15)9-3-4-12-10(7-9)5-6-17-12;/h3-8,11,13,16H,2H2,1H3;/q-1;+1. The number of hydrogen-bond donors (Lipinski definition) is 1. The maximum absolute atomic E-state index is 12.9. The summed E-state index contributed by atoms with van der Waals surface area (Å²) in [6.07, 6.45) is -0.863. The van der Waals surface area contributed by atoms with E-state index in [1.807, 2.05) is 6.92 Å². The van der Waals surface area contributed by atoms with Crippen molar-refractivity contribution in [2.75, 3.05) is 6.54 Å². The number of nitrogens with one attached hydrogen (secondary N) is 1. The van der Waals surface area contributed by atoms with E-state index < -0.39 is 12.3 Å². The smallest absolute Gasteiger partial charge is 0.469 e. The molecular formula is C13H14F2NORu. The molecule has 0 aliphatic heterocycles. The second-order valence-corrected chi connectivity index (χ2v) is 3.80. The topological polar surface area (TPSA) is 25.2 Å². The number of hydrogen-bond acceptors (Lipinski definition) is 2. The molecule has 0 saturated carbocycles. The molecule has 2 aromatic rings. The van der Waals surface area contributed by atoms with Gasteiger partial charge in [0.15, 0.2) is 0 Å². The van der Waals surface area contributed by atoms with E-state index in [4.69, 9.17) is 4.42 Å². The summed E-state index contributed by atoms with van der Waals surface area (Å²) in [7, 11) is 0. The van der Waals surface area contributed by atoms with Crippen molar-refractivity contribution in [2.45, 2.75) is 19.3 Å². The third-order valence-corrected chi connectivity index (χ3v) is 2.63. The van der Waals surface area contributed by atoms with Crippen molar-refractivity contribution in [1.82, 2.24) is 5.32 Å². The van der Waals surface area contributed by atoms with Gasteiger partial charge in [-0.15, -0.1) is 0 Å². The van der Waals surface area contributed by atoms with Gasteiger partial charge < -0.3 is 9.73 Å². The van der Waals surface area contributed by atoms with Crippen LogP contribution in [0.15, 0.2) is 34.9 Å². The monoisotopic (exact) mass is 340 g/mol. The molecule has 5 heteroatoms. The summed E-state index contributed by atoms with van der Waals surface area (Å²) in [6.45, 7) is 3.96. The van der Waals surface area contributed by atoms with Gasteiger partial charge in [-0.25, -0.2) is 8.78 Å². The van der Waals surface area contributed by atoms with Gasteiger partial charge in [-0.3, -0.25) is 6.54 Å². The fraction of sp³-hybridized carbons (Fsp3) is 0.308. The van der Waals surface area contributed by atoms with Crippen LogP contribution in [0.25, 0.3) is 11.0 Å². The van der Waals surface area contributed by atoms with Gasteiger partial charge in [-0.1, -0.05) is 30.5 Å². The minimum Gasteiger partial charge on any atom is -0.469 e. The zero-order valence-electron chi connectivity index (χ0n) is 9.84. The molecule has 0 bridgehead atoms. The van der Waals surface area contributed by atoms with Gasteiger partial charge in [0, 0.05) is 5.39 Å². The van der Waals surface area contributed by atoms with Gasteiger partial charge in [0.25, 0.3) is 0 Å². The minimum absolute atomic E-state index is 0. The van der Waals surface area contributed by atoms with Crippen LogP contribution in [-0.4, -0.2) is 13.0 Å². The third kappa shape index (κ3) is 3.36. The average Bonchev–Trinajstić information content (AvgIpc) is 2.76. The number of halogens is 2. The van der Waals surface area contributed by atoms with Crippen LogP contribution in [-0.2, 0) is 19.5 Å². The molecule has 0 fully saturated rings. The molecule has 18 heavy (non-hydrogen) atoms. The van der Waals surface area contributed by atoms with Crippen molar-refractivity contribution < 1.29 is 32.7 Å². The van der Waals surface area contributed by atoms with Gasteiger partial charge in [0.1, 0.15) is 5.58 Å². The third-order valence-electron chi connectivity index (χ3n) is 2.63. The quantitative estimate of drug-likeness (QED) is 0.666. The second-order valence-electron chi connectivity index (χ2n) is 3.80. The maximum Gasteiger partial charge on any atom is 1.00 e. The van der Waals surface area contributed by atoms with Crippen LogP contribution in [0.3, 0.4) is 0 Å². The first kappa shape index (κ1) is 15.3. The molecule has 0 aliphatic rings. The molecule has 1 heterocycles. The summed E-state index contributed by atoms with van der Waals surface area (Å²) in [5.41, 5.74) is 1.31. The van der Waals surface area contributed by atoms with Crippen molar-refractivity contribution in [1.29, 1.82) is 0 Å². The molecule has 0 spiro atoms. The minimum atomic E-state index is -2.42. The molecule has 2 rings (SSSR count). The van der Waals surface area contributed by atoms with Crippen LogP contribution in [0.5, 0.6) is 0 Å². The van der Waals surface area contributed by atoms with E-state index in [-0.39, 0.29) is 19.5 Å². The fourth-order valence-corrected chi connectivity index (χ4v) is 1.75. The van der Waals surface area contributed by atoms with E-state index in [2.05, 4.69) is 5.32 Å². The maximum atomic E-state index is 12.9. The Bertz CT molecular complexity index is 487. The number of rotatable bonds is 5. The summed E-state index contributed by atoms with van der Waals surface area (Å²) < 4.78 is 31.1. The van der Waals surface area contributed by atoms with Gasteiger partial charge in [-0.05, 0) is 18.7 Å². The number of likely N-dealkylation sites (N-methyl/N-ethyl adjacent to an activating group) is 1. The summed E-state index contributed by atoms with van der Waals surface area (Å²) in [5.74, 6) is -0.894. The largest absolute Gasteiger partial charge is 1.00 e. The van der Waals surface area contributed by atoms with E-state index in [0.29, 0.717) is 17.7 Å². The Labute approximate surface area is 117 Å². The first-order valence-electron chi connectivity index (χ1n) is 5.54. The van der Waals surface area contributed by atoms with Gasteiger partial charge in [0.2, 0.25) is 6.43 Å². The van der Waals surface area contributed by atoms with Crippen molar-refractivity contribution in [3.8, 4) is 0 Å². The van der Waals surface area contributed by atoms with Crippen LogP contribution in [0, 0.1) is 6.54 Å². The molecule has 1 N–H and O–H groups in total. The van der Waals surface area contributed by atoms with E-state index in [0.717, 1.165) is 5.39 Å². The van der Waals surface area contributed by atoms with Crippen molar-refractivity contribution in [2.24, 2.45) is 0 Å². The first-order chi connectivity index (χ1) is 8.22. The van der Waals surface area contributed by atoms with E-state index in [1.165, 1.54) is 6.54 Å². The fourth-order valence-electron chi connectivity index (χ4n) is 1.75. The van der Waals surface area contributed by atoms with Crippen LogP contribution < -0.4 is 5.32 Å². The van der Waals surface area contributed by atoms with Crippen molar-refractivity contribution >= 4 is 11.0 Å². The Morgan fingerprint density at radius 2 is 2.11 bits per heavy atom. The number of alkyl halides is 2. The number of fused-ring (bicyclic) bond motifs is 1. The number of furan rings is 1. The van der Waals surface area contributed by atoms with E-state index in [1.54, 1.807) is 30.5 Å². The van der Waals surface area contributed by atoms with Crippen LogP contribution >= 0.6 is 0 Å². The summed E-state index contributed by atoms with van der Waals surface area (Å²) in [6, 6.07) is 6.91. The molecule has 1 atom stereocenters. The second kappa shape index (κ2) is 6.96.